The van der Waals surface area contributed by atoms with E-state index in [2.05, 4.69) is 0 Å². The number of nitro groups is 1. The maximum Gasteiger partial charge on any atom is 0.269 e. The smallest absolute Gasteiger partial charge is 0.258 e. The number of rotatable bonds is 4. The maximum absolute atomic E-state index is 12.5. The van der Waals surface area contributed by atoms with Crippen molar-refractivity contribution in [1.29, 1.82) is 0 Å². The van der Waals surface area contributed by atoms with Gasteiger partial charge < -0.3 is 0 Å². The Bertz CT molecular complexity index is 980. The number of non-ortho nitro benzene ring substituents is 1. The van der Waals surface area contributed by atoms with E-state index in [0.29, 0.717) is 5.56 Å². The lowest BCUT2D eigenvalue weighted by molar-refractivity contribution is -0.384. The summed E-state index contributed by atoms with van der Waals surface area (Å²) in [5, 5.41) is 15.7. The van der Waals surface area contributed by atoms with Gasteiger partial charge in [-0.15, -0.1) is 0 Å². The van der Waals surface area contributed by atoms with Crippen molar-refractivity contribution < 1.29 is 21.8 Å². The molecule has 122 valence electrons. The summed E-state index contributed by atoms with van der Waals surface area (Å²) in [4.78, 5) is 9.21. The molecule has 0 fully saturated rings. The van der Waals surface area contributed by atoms with Gasteiger partial charge in [0.05, 0.1) is 19.6 Å². The van der Waals surface area contributed by atoms with E-state index < -0.39 is 24.8 Å². The largest absolute Gasteiger partial charge is 0.269 e. The average Bonchev–Trinajstić information content (AvgIpc) is 2.46. The number of nitrogens with two attached hydrogens (primary N) is 1. The number of benzene rings is 2. The first-order chi connectivity index (χ1) is 10.5. The van der Waals surface area contributed by atoms with Crippen LogP contribution in [0.15, 0.2) is 57.2 Å². The number of primary sulfonamides is 1. The highest BCUT2D eigenvalue weighted by Gasteiger charge is 2.22. The predicted octanol–water partition coefficient (Wildman–Crippen LogP) is 1.38. The lowest BCUT2D eigenvalue weighted by Crippen LogP contribution is -2.14. The van der Waals surface area contributed by atoms with Gasteiger partial charge in [-0.3, -0.25) is 10.1 Å². The molecule has 8 nitrogen and oxygen atoms in total. The first kappa shape index (κ1) is 17.1. The summed E-state index contributed by atoms with van der Waals surface area (Å²) < 4.78 is 48.0. The van der Waals surface area contributed by atoms with Gasteiger partial charge in [-0.2, -0.15) is 0 Å². The minimum absolute atomic E-state index is 0.188. The van der Waals surface area contributed by atoms with Crippen LogP contribution in [0, 0.1) is 17.0 Å². The highest BCUT2D eigenvalue weighted by atomic mass is 32.2. The Labute approximate surface area is 132 Å². The Morgan fingerprint density at radius 3 is 1.96 bits per heavy atom. The minimum atomic E-state index is -4.07. The van der Waals surface area contributed by atoms with Crippen LogP contribution in [0.5, 0.6) is 0 Å². The van der Waals surface area contributed by atoms with Crippen molar-refractivity contribution >= 4 is 25.5 Å². The molecule has 0 heterocycles. The van der Waals surface area contributed by atoms with Gasteiger partial charge >= 0.3 is 0 Å². The van der Waals surface area contributed by atoms with E-state index in [1.807, 2.05) is 0 Å². The van der Waals surface area contributed by atoms with Crippen molar-refractivity contribution in [3.05, 3.63) is 58.1 Å². The Morgan fingerprint density at radius 1 is 0.957 bits per heavy atom. The topological polar surface area (TPSA) is 137 Å². The molecule has 0 spiro atoms. The Hall–Kier alpha value is -2.30. The number of aryl methyl sites for hydroxylation is 1. The molecule has 23 heavy (non-hydrogen) atoms. The third kappa shape index (κ3) is 3.38. The van der Waals surface area contributed by atoms with Gasteiger partial charge in [0.1, 0.15) is 0 Å². The standard InChI is InChI=1S/C13H12N2O6S2/c1-9-2-5-12(8-13(9)23(14,20)21)22(18,19)11-6-3-10(4-7-11)15(16)17/h2-8H,1H3,(H2,14,20,21). The second kappa shape index (κ2) is 5.72. The van der Waals surface area contributed by atoms with Gasteiger partial charge in [-0.25, -0.2) is 22.0 Å². The van der Waals surface area contributed by atoms with Crippen LogP contribution in [0.2, 0.25) is 0 Å². The monoisotopic (exact) mass is 356 g/mol. The molecule has 0 amide bonds. The fourth-order valence-corrected chi connectivity index (χ4v) is 4.11. The minimum Gasteiger partial charge on any atom is -0.258 e. The number of sulfonamides is 1. The molecule has 0 aliphatic carbocycles. The summed E-state index contributed by atoms with van der Waals surface area (Å²) in [5.74, 6) is 0. The highest BCUT2D eigenvalue weighted by Crippen LogP contribution is 2.26. The molecule has 2 rings (SSSR count). The quantitative estimate of drug-likeness (QED) is 0.649. The molecule has 0 aromatic heterocycles. The van der Waals surface area contributed by atoms with E-state index in [4.69, 9.17) is 5.14 Å². The van der Waals surface area contributed by atoms with Gasteiger partial charge in [0, 0.05) is 12.1 Å². The molecule has 2 aromatic rings. The zero-order chi connectivity index (χ0) is 17.4. The van der Waals surface area contributed by atoms with E-state index >= 15 is 0 Å². The van der Waals surface area contributed by atoms with E-state index in [1.165, 1.54) is 19.1 Å². The van der Waals surface area contributed by atoms with E-state index in [9.17, 15) is 26.9 Å². The van der Waals surface area contributed by atoms with Crippen LogP contribution >= 0.6 is 0 Å². The zero-order valence-corrected chi connectivity index (χ0v) is 13.5. The van der Waals surface area contributed by atoms with Crippen molar-refractivity contribution in [3.8, 4) is 0 Å². The summed E-state index contributed by atoms with van der Waals surface area (Å²) in [6.45, 7) is 1.49. The number of nitro benzene ring substituents is 1. The second-order valence-corrected chi connectivity index (χ2v) is 8.21. The van der Waals surface area contributed by atoms with E-state index in [-0.39, 0.29) is 20.4 Å². The van der Waals surface area contributed by atoms with Crippen molar-refractivity contribution in [2.24, 2.45) is 5.14 Å². The molecule has 2 N–H and O–H groups in total. The summed E-state index contributed by atoms with van der Waals surface area (Å²) in [6.07, 6.45) is 0. The lowest BCUT2D eigenvalue weighted by Gasteiger charge is -2.08. The lowest BCUT2D eigenvalue weighted by atomic mass is 10.2. The van der Waals surface area contributed by atoms with Crippen molar-refractivity contribution in [3.63, 3.8) is 0 Å². The van der Waals surface area contributed by atoms with Crippen molar-refractivity contribution in [1.82, 2.24) is 0 Å². The molecule has 0 saturated heterocycles. The normalized spacial score (nSPS) is 12.1. The summed E-state index contributed by atoms with van der Waals surface area (Å²) in [5.41, 5.74) is 0.0632. The van der Waals surface area contributed by atoms with Crippen LogP contribution in [-0.2, 0) is 19.9 Å². The average molecular weight is 356 g/mol. The molecule has 2 aromatic carbocycles. The summed E-state index contributed by atoms with van der Waals surface area (Å²) in [7, 11) is -8.09. The maximum atomic E-state index is 12.5. The van der Waals surface area contributed by atoms with Crippen LogP contribution in [0.1, 0.15) is 5.56 Å². The second-order valence-electron chi connectivity index (χ2n) is 4.73. The molecule has 0 atom stereocenters. The number of hydrogen-bond acceptors (Lipinski definition) is 6. The first-order valence-electron chi connectivity index (χ1n) is 6.16. The van der Waals surface area contributed by atoms with Crippen LogP contribution in [0.4, 0.5) is 5.69 Å². The van der Waals surface area contributed by atoms with Crippen LogP contribution in [0.3, 0.4) is 0 Å². The van der Waals surface area contributed by atoms with Crippen LogP contribution < -0.4 is 5.14 Å². The molecular weight excluding hydrogens is 344 g/mol. The first-order valence-corrected chi connectivity index (χ1v) is 9.19. The molecule has 0 radical (unpaired) electrons. The molecular formula is C13H12N2O6S2. The van der Waals surface area contributed by atoms with Crippen LogP contribution in [0.25, 0.3) is 0 Å². The summed E-state index contributed by atoms with van der Waals surface area (Å²) >= 11 is 0. The zero-order valence-electron chi connectivity index (χ0n) is 11.8. The molecule has 0 aliphatic heterocycles. The Morgan fingerprint density at radius 2 is 1.48 bits per heavy atom. The van der Waals surface area contributed by atoms with Crippen molar-refractivity contribution in [2.75, 3.05) is 0 Å². The highest BCUT2D eigenvalue weighted by molar-refractivity contribution is 7.91. The molecule has 0 aliphatic rings. The fourth-order valence-electron chi connectivity index (χ4n) is 1.94. The van der Waals surface area contributed by atoms with Gasteiger partial charge in [-0.05, 0) is 36.8 Å². The predicted molar refractivity (Wildman–Crippen MR) is 81.1 cm³/mol. The fraction of sp³-hybridized carbons (Fsp3) is 0.0769. The van der Waals surface area contributed by atoms with Gasteiger partial charge in [0.25, 0.3) is 5.69 Å². The Balaban J connectivity index is 2.58. The molecule has 0 saturated carbocycles. The molecule has 0 bridgehead atoms. The number of hydrogen-bond donors (Lipinski definition) is 1. The third-order valence-electron chi connectivity index (χ3n) is 3.13. The van der Waals surface area contributed by atoms with E-state index in [1.54, 1.807) is 0 Å². The Kier molecular flexibility index (Phi) is 4.24. The SMILES string of the molecule is Cc1ccc(S(=O)(=O)c2ccc([N+](=O)[O-])cc2)cc1S(N)(=O)=O. The van der Waals surface area contributed by atoms with Crippen molar-refractivity contribution in [2.45, 2.75) is 21.6 Å². The molecule has 10 heteroatoms. The number of sulfone groups is 1. The van der Waals surface area contributed by atoms with Crippen LogP contribution in [-0.4, -0.2) is 21.8 Å². The van der Waals surface area contributed by atoms with Gasteiger partial charge in [-0.1, -0.05) is 6.07 Å². The molecule has 0 unspecified atom stereocenters. The summed E-state index contributed by atoms with van der Waals surface area (Å²) in [6, 6.07) is 7.84. The van der Waals surface area contributed by atoms with Gasteiger partial charge in [0.2, 0.25) is 19.9 Å². The van der Waals surface area contributed by atoms with Gasteiger partial charge in [0.15, 0.2) is 0 Å². The number of nitrogens with zero attached hydrogens (tertiary/aromatic N) is 1. The van der Waals surface area contributed by atoms with E-state index in [0.717, 1.165) is 30.3 Å². The third-order valence-corrected chi connectivity index (χ3v) is 5.95.